The highest BCUT2D eigenvalue weighted by atomic mass is 15.2. The summed E-state index contributed by atoms with van der Waals surface area (Å²) < 4.78 is 2.16. The molecular formula is C7H11N3. The number of hydrogen-bond acceptors (Lipinski definition) is 2. The fraction of sp³-hybridized carbons (Fsp3) is 0.571. The van der Waals surface area contributed by atoms with Crippen LogP contribution in [-0.2, 0) is 6.54 Å². The number of hydrogen-bond donors (Lipinski definition) is 1. The molecule has 0 atom stereocenters. The third kappa shape index (κ3) is 0.875. The van der Waals surface area contributed by atoms with Gasteiger partial charge in [0.05, 0.1) is 12.5 Å². The lowest BCUT2D eigenvalue weighted by molar-refractivity contribution is 0.652. The minimum absolute atomic E-state index is 1.09. The molecule has 3 heteroatoms. The Balaban J connectivity index is 2.28. The summed E-state index contributed by atoms with van der Waals surface area (Å²) in [5, 5.41) is 3.31. The molecule has 2 heterocycles. The second-order valence-corrected chi connectivity index (χ2v) is 2.61. The quantitative estimate of drug-likeness (QED) is 0.580. The lowest BCUT2D eigenvalue weighted by Crippen LogP contribution is -2.00. The van der Waals surface area contributed by atoms with Crippen LogP contribution in [-0.4, -0.2) is 16.1 Å². The van der Waals surface area contributed by atoms with E-state index >= 15 is 0 Å². The van der Waals surface area contributed by atoms with Crippen LogP contribution in [0.2, 0.25) is 0 Å². The zero-order chi connectivity index (χ0) is 6.81. The van der Waals surface area contributed by atoms with E-state index in [2.05, 4.69) is 14.9 Å². The number of rotatable bonds is 0. The Morgan fingerprint density at radius 3 is 3.50 bits per heavy atom. The van der Waals surface area contributed by atoms with Gasteiger partial charge in [0.2, 0.25) is 0 Å². The summed E-state index contributed by atoms with van der Waals surface area (Å²) in [6.07, 6.45) is 6.29. The van der Waals surface area contributed by atoms with Crippen molar-refractivity contribution in [3.05, 3.63) is 12.5 Å². The average Bonchev–Trinajstić information content (AvgIpc) is 2.28. The summed E-state index contributed by atoms with van der Waals surface area (Å²) in [6, 6.07) is 0. The van der Waals surface area contributed by atoms with E-state index in [1.807, 2.05) is 12.5 Å². The molecule has 3 nitrogen and oxygen atoms in total. The first-order valence-corrected chi connectivity index (χ1v) is 3.71. The number of aryl methyl sites for hydroxylation is 1. The van der Waals surface area contributed by atoms with Gasteiger partial charge in [-0.05, 0) is 12.8 Å². The Kier molecular flexibility index (Phi) is 1.34. The van der Waals surface area contributed by atoms with Crippen LogP contribution in [0.1, 0.15) is 12.8 Å². The Morgan fingerprint density at radius 2 is 2.50 bits per heavy atom. The first-order chi connectivity index (χ1) is 4.97. The van der Waals surface area contributed by atoms with Crippen LogP contribution in [0.5, 0.6) is 0 Å². The second-order valence-electron chi connectivity index (χ2n) is 2.61. The number of aromatic nitrogens is 2. The molecule has 0 saturated heterocycles. The van der Waals surface area contributed by atoms with E-state index in [4.69, 9.17) is 0 Å². The van der Waals surface area contributed by atoms with Crippen LogP contribution in [0.4, 0.5) is 5.82 Å². The largest absolute Gasteiger partial charge is 0.370 e. The van der Waals surface area contributed by atoms with Crippen molar-refractivity contribution in [1.82, 2.24) is 9.55 Å². The summed E-state index contributed by atoms with van der Waals surface area (Å²) in [7, 11) is 0. The minimum atomic E-state index is 1.09. The molecule has 0 bridgehead atoms. The van der Waals surface area contributed by atoms with Crippen molar-refractivity contribution in [3.8, 4) is 0 Å². The number of anilines is 1. The fourth-order valence-corrected chi connectivity index (χ4v) is 1.27. The van der Waals surface area contributed by atoms with Gasteiger partial charge in [-0.2, -0.15) is 0 Å². The maximum absolute atomic E-state index is 4.05. The molecule has 0 amide bonds. The van der Waals surface area contributed by atoms with Crippen molar-refractivity contribution in [2.45, 2.75) is 19.4 Å². The van der Waals surface area contributed by atoms with Gasteiger partial charge in [0, 0.05) is 13.1 Å². The SMILES string of the molecule is c1ncn2c1NCCCC2. The zero-order valence-electron chi connectivity index (χ0n) is 5.88. The van der Waals surface area contributed by atoms with Crippen LogP contribution in [0.3, 0.4) is 0 Å². The van der Waals surface area contributed by atoms with Gasteiger partial charge >= 0.3 is 0 Å². The van der Waals surface area contributed by atoms with Crippen molar-refractivity contribution >= 4 is 5.82 Å². The maximum Gasteiger partial charge on any atom is 0.125 e. The van der Waals surface area contributed by atoms with E-state index in [0.717, 1.165) is 18.9 Å². The summed E-state index contributed by atoms with van der Waals surface area (Å²) in [6.45, 7) is 2.20. The van der Waals surface area contributed by atoms with E-state index in [0.29, 0.717) is 0 Å². The molecule has 0 unspecified atom stereocenters. The van der Waals surface area contributed by atoms with Crippen LogP contribution in [0, 0.1) is 0 Å². The Bertz CT molecular complexity index is 196. The van der Waals surface area contributed by atoms with Crippen molar-refractivity contribution in [3.63, 3.8) is 0 Å². The number of fused-ring (bicyclic) bond motifs is 1. The average molecular weight is 137 g/mol. The second kappa shape index (κ2) is 2.33. The van der Waals surface area contributed by atoms with Crippen LogP contribution in [0.25, 0.3) is 0 Å². The van der Waals surface area contributed by atoms with Gasteiger partial charge in [0.1, 0.15) is 5.82 Å². The Hall–Kier alpha value is -0.990. The van der Waals surface area contributed by atoms with Gasteiger partial charge in [-0.25, -0.2) is 4.98 Å². The molecule has 1 aliphatic rings. The van der Waals surface area contributed by atoms with E-state index in [9.17, 15) is 0 Å². The molecule has 0 fully saturated rings. The molecule has 1 aromatic rings. The minimum Gasteiger partial charge on any atom is -0.370 e. The fourth-order valence-electron chi connectivity index (χ4n) is 1.27. The normalized spacial score (nSPS) is 17.2. The van der Waals surface area contributed by atoms with Gasteiger partial charge in [0.15, 0.2) is 0 Å². The first kappa shape index (κ1) is 5.77. The van der Waals surface area contributed by atoms with Gasteiger partial charge < -0.3 is 9.88 Å². The molecular weight excluding hydrogens is 126 g/mol. The Morgan fingerprint density at radius 1 is 1.50 bits per heavy atom. The molecule has 54 valence electrons. The van der Waals surface area contributed by atoms with Gasteiger partial charge in [0.25, 0.3) is 0 Å². The smallest absolute Gasteiger partial charge is 0.125 e. The highest BCUT2D eigenvalue weighted by Gasteiger charge is 2.03. The van der Waals surface area contributed by atoms with Crippen molar-refractivity contribution in [2.75, 3.05) is 11.9 Å². The number of nitrogens with one attached hydrogen (secondary N) is 1. The molecule has 10 heavy (non-hydrogen) atoms. The third-order valence-electron chi connectivity index (χ3n) is 1.84. The Labute approximate surface area is 60.1 Å². The molecule has 2 rings (SSSR count). The predicted molar refractivity (Wildman–Crippen MR) is 40.0 cm³/mol. The monoisotopic (exact) mass is 137 g/mol. The lowest BCUT2D eigenvalue weighted by atomic mass is 10.3. The highest BCUT2D eigenvalue weighted by Crippen LogP contribution is 2.11. The summed E-state index contributed by atoms with van der Waals surface area (Å²) in [5.41, 5.74) is 0. The van der Waals surface area contributed by atoms with Crippen LogP contribution >= 0.6 is 0 Å². The molecule has 1 N–H and O–H groups in total. The molecule has 0 spiro atoms. The van der Waals surface area contributed by atoms with E-state index < -0.39 is 0 Å². The standard InChI is InChI=1S/C7H11N3/c1-2-4-10-6-8-5-7(10)9-3-1/h5-6,9H,1-4H2. The zero-order valence-corrected chi connectivity index (χ0v) is 5.88. The molecule has 1 aliphatic heterocycles. The topological polar surface area (TPSA) is 29.9 Å². The summed E-state index contributed by atoms with van der Waals surface area (Å²) in [5.74, 6) is 1.16. The van der Waals surface area contributed by atoms with E-state index in [1.54, 1.807) is 0 Å². The van der Waals surface area contributed by atoms with Crippen molar-refractivity contribution < 1.29 is 0 Å². The highest BCUT2D eigenvalue weighted by molar-refractivity contribution is 5.33. The summed E-state index contributed by atoms with van der Waals surface area (Å²) >= 11 is 0. The molecule has 1 aromatic heterocycles. The molecule has 0 aliphatic carbocycles. The first-order valence-electron chi connectivity index (χ1n) is 3.71. The molecule has 0 saturated carbocycles. The van der Waals surface area contributed by atoms with Gasteiger partial charge in [-0.15, -0.1) is 0 Å². The molecule has 0 aromatic carbocycles. The predicted octanol–water partition coefficient (Wildman–Crippen LogP) is 1.09. The van der Waals surface area contributed by atoms with Gasteiger partial charge in [-0.1, -0.05) is 0 Å². The van der Waals surface area contributed by atoms with Crippen LogP contribution in [0.15, 0.2) is 12.5 Å². The number of imidazole rings is 1. The maximum atomic E-state index is 4.05. The van der Waals surface area contributed by atoms with E-state index in [1.165, 1.54) is 12.8 Å². The molecule has 0 radical (unpaired) electrons. The number of nitrogens with zero attached hydrogens (tertiary/aromatic N) is 2. The van der Waals surface area contributed by atoms with E-state index in [-0.39, 0.29) is 0 Å². The summed E-state index contributed by atoms with van der Waals surface area (Å²) in [4.78, 5) is 4.05. The van der Waals surface area contributed by atoms with Crippen molar-refractivity contribution in [1.29, 1.82) is 0 Å². The third-order valence-corrected chi connectivity index (χ3v) is 1.84. The van der Waals surface area contributed by atoms with Crippen LogP contribution < -0.4 is 5.32 Å². The van der Waals surface area contributed by atoms with Crippen molar-refractivity contribution in [2.24, 2.45) is 0 Å². The van der Waals surface area contributed by atoms with Gasteiger partial charge in [-0.3, -0.25) is 0 Å². The lowest BCUT2D eigenvalue weighted by Gasteiger charge is -2.01.